The molecule has 0 fully saturated rings. The highest BCUT2D eigenvalue weighted by atomic mass is 79.9. The van der Waals surface area contributed by atoms with Gasteiger partial charge in [0.2, 0.25) is 21.8 Å². The second kappa shape index (κ2) is 13.9. The van der Waals surface area contributed by atoms with Gasteiger partial charge in [-0.05, 0) is 48.2 Å². The monoisotopic (exact) mass is 613 g/mol. The van der Waals surface area contributed by atoms with Gasteiger partial charge >= 0.3 is 0 Å². The van der Waals surface area contributed by atoms with Gasteiger partial charge < -0.3 is 10.2 Å². The van der Waals surface area contributed by atoms with E-state index in [1.807, 2.05) is 75.4 Å². The lowest BCUT2D eigenvalue weighted by molar-refractivity contribution is -0.141. The molecule has 3 aromatic carbocycles. The Labute approximate surface area is 240 Å². The zero-order valence-corrected chi connectivity index (χ0v) is 25.2. The van der Waals surface area contributed by atoms with Crippen LogP contribution in [0.2, 0.25) is 0 Å². The van der Waals surface area contributed by atoms with E-state index in [4.69, 9.17) is 0 Å². The highest BCUT2D eigenvalue weighted by Crippen LogP contribution is 2.19. The van der Waals surface area contributed by atoms with Crippen molar-refractivity contribution in [2.75, 3.05) is 20.1 Å². The van der Waals surface area contributed by atoms with E-state index in [0.717, 1.165) is 25.5 Å². The Hall–Kier alpha value is -3.01. The van der Waals surface area contributed by atoms with E-state index in [9.17, 15) is 18.0 Å². The molecule has 7 nitrogen and oxygen atoms in total. The number of aryl methyl sites for hydroxylation is 1. The number of sulfonamides is 1. The number of nitrogens with zero attached hydrogens (tertiary/aromatic N) is 2. The summed E-state index contributed by atoms with van der Waals surface area (Å²) in [5, 5.41) is 2.98. The molecule has 0 spiro atoms. The Morgan fingerprint density at radius 1 is 0.897 bits per heavy atom. The minimum absolute atomic E-state index is 0.110. The van der Waals surface area contributed by atoms with E-state index in [0.29, 0.717) is 13.0 Å². The molecule has 208 valence electrons. The Bertz CT molecular complexity index is 1350. The van der Waals surface area contributed by atoms with Gasteiger partial charge in [0.25, 0.3) is 0 Å². The third-order valence-electron chi connectivity index (χ3n) is 6.31. The van der Waals surface area contributed by atoms with E-state index in [1.54, 1.807) is 12.1 Å². The van der Waals surface area contributed by atoms with Crippen LogP contribution in [0.3, 0.4) is 0 Å². The molecule has 1 N–H and O–H groups in total. The van der Waals surface area contributed by atoms with Crippen LogP contribution in [0.1, 0.15) is 30.5 Å². The highest BCUT2D eigenvalue weighted by Gasteiger charge is 2.33. The molecule has 0 aliphatic carbocycles. The average Bonchev–Trinajstić information content (AvgIpc) is 2.91. The second-order valence-electron chi connectivity index (χ2n) is 10.1. The third-order valence-corrected chi connectivity index (χ3v) is 8.66. The number of carbonyl (C=O) groups excluding carboxylic acids is 2. The Morgan fingerprint density at radius 3 is 2.10 bits per heavy atom. The van der Waals surface area contributed by atoms with Crippen molar-refractivity contribution in [2.45, 2.75) is 44.7 Å². The summed E-state index contributed by atoms with van der Waals surface area (Å²) in [6, 6.07) is 22.7. The van der Waals surface area contributed by atoms with Crippen LogP contribution in [0, 0.1) is 12.8 Å². The van der Waals surface area contributed by atoms with Gasteiger partial charge in [-0.1, -0.05) is 89.9 Å². The van der Waals surface area contributed by atoms with Crippen LogP contribution in [0.4, 0.5) is 0 Å². The predicted molar refractivity (Wildman–Crippen MR) is 157 cm³/mol. The number of hydrogen-bond donors (Lipinski definition) is 1. The fourth-order valence-corrected chi connectivity index (χ4v) is 5.40. The number of benzene rings is 3. The molecule has 3 rings (SSSR count). The first kappa shape index (κ1) is 30.5. The minimum atomic E-state index is -3.91. The zero-order valence-electron chi connectivity index (χ0n) is 22.8. The maximum absolute atomic E-state index is 13.9. The zero-order chi connectivity index (χ0) is 28.6. The van der Waals surface area contributed by atoms with Crippen molar-refractivity contribution in [1.29, 1.82) is 0 Å². The molecule has 0 bridgehead atoms. The number of halogens is 1. The van der Waals surface area contributed by atoms with Gasteiger partial charge in [-0.3, -0.25) is 9.59 Å². The fraction of sp³-hybridized carbons (Fsp3) is 0.333. The van der Waals surface area contributed by atoms with Gasteiger partial charge in [0, 0.05) is 31.0 Å². The molecule has 0 saturated carbocycles. The molecule has 3 aromatic rings. The molecule has 0 aromatic heterocycles. The van der Waals surface area contributed by atoms with Crippen molar-refractivity contribution >= 4 is 37.8 Å². The molecule has 1 atom stereocenters. The van der Waals surface area contributed by atoms with E-state index in [1.165, 1.54) is 24.1 Å². The maximum atomic E-state index is 13.9. The van der Waals surface area contributed by atoms with E-state index in [2.05, 4.69) is 21.2 Å². The van der Waals surface area contributed by atoms with Gasteiger partial charge in [0.1, 0.15) is 6.04 Å². The molecule has 0 radical (unpaired) electrons. The predicted octanol–water partition coefficient (Wildman–Crippen LogP) is 4.79. The van der Waals surface area contributed by atoms with Crippen LogP contribution < -0.4 is 5.32 Å². The van der Waals surface area contributed by atoms with Crippen molar-refractivity contribution in [3.63, 3.8) is 0 Å². The molecular formula is C30H36BrN3O4S. The first-order valence-electron chi connectivity index (χ1n) is 12.9. The van der Waals surface area contributed by atoms with Crippen LogP contribution in [0.15, 0.2) is 88.2 Å². The maximum Gasteiger partial charge on any atom is 0.243 e. The molecule has 0 saturated heterocycles. The lowest BCUT2D eigenvalue weighted by atomic mass is 10.0. The van der Waals surface area contributed by atoms with Crippen LogP contribution in [-0.2, 0) is 32.6 Å². The van der Waals surface area contributed by atoms with Crippen LogP contribution >= 0.6 is 15.9 Å². The molecule has 2 amide bonds. The Balaban J connectivity index is 1.96. The first-order chi connectivity index (χ1) is 18.5. The fourth-order valence-electron chi connectivity index (χ4n) is 4.02. The van der Waals surface area contributed by atoms with Crippen molar-refractivity contribution in [3.8, 4) is 0 Å². The molecule has 39 heavy (non-hydrogen) atoms. The Kier molecular flexibility index (Phi) is 10.9. The number of nitrogens with one attached hydrogen (secondary N) is 1. The number of hydrogen-bond acceptors (Lipinski definition) is 4. The van der Waals surface area contributed by atoms with Gasteiger partial charge in [0.15, 0.2) is 0 Å². The molecule has 0 aliphatic rings. The minimum Gasteiger partial charge on any atom is -0.354 e. The molecule has 9 heteroatoms. The average molecular weight is 615 g/mol. The first-order valence-corrected chi connectivity index (χ1v) is 15.1. The quantitative estimate of drug-likeness (QED) is 0.318. The Morgan fingerprint density at radius 2 is 1.51 bits per heavy atom. The summed E-state index contributed by atoms with van der Waals surface area (Å²) in [6.07, 6.45) is 0.293. The summed E-state index contributed by atoms with van der Waals surface area (Å²) in [6.45, 7) is 6.09. The number of likely N-dealkylation sites (N-methyl/N-ethyl adjacent to an activating group) is 1. The van der Waals surface area contributed by atoms with E-state index in [-0.39, 0.29) is 23.3 Å². The van der Waals surface area contributed by atoms with Crippen molar-refractivity contribution in [3.05, 3.63) is 100 Å². The lowest BCUT2D eigenvalue weighted by Crippen LogP contribution is -2.53. The lowest BCUT2D eigenvalue weighted by Gasteiger charge is -2.33. The van der Waals surface area contributed by atoms with E-state index < -0.39 is 28.5 Å². The molecule has 0 heterocycles. The topological polar surface area (TPSA) is 86.8 Å². The van der Waals surface area contributed by atoms with Gasteiger partial charge in [-0.15, -0.1) is 0 Å². The molecule has 1 unspecified atom stereocenters. The number of amides is 2. The molecule has 0 aliphatic heterocycles. The van der Waals surface area contributed by atoms with Crippen LogP contribution in [0.25, 0.3) is 0 Å². The van der Waals surface area contributed by atoms with Gasteiger partial charge in [-0.2, -0.15) is 4.31 Å². The highest BCUT2D eigenvalue weighted by molar-refractivity contribution is 9.10. The van der Waals surface area contributed by atoms with Crippen molar-refractivity contribution in [1.82, 2.24) is 14.5 Å². The van der Waals surface area contributed by atoms with Crippen molar-refractivity contribution < 1.29 is 18.0 Å². The summed E-state index contributed by atoms with van der Waals surface area (Å²) in [5.41, 5.74) is 2.66. The van der Waals surface area contributed by atoms with Crippen LogP contribution in [0.5, 0.6) is 0 Å². The summed E-state index contributed by atoms with van der Waals surface area (Å²) in [4.78, 5) is 29.0. The van der Waals surface area contributed by atoms with Gasteiger partial charge in [-0.25, -0.2) is 8.42 Å². The molecular weight excluding hydrogens is 578 g/mol. The van der Waals surface area contributed by atoms with Gasteiger partial charge in [0.05, 0.1) is 11.4 Å². The normalized spacial score (nSPS) is 12.4. The largest absolute Gasteiger partial charge is 0.354 e. The van der Waals surface area contributed by atoms with Crippen LogP contribution in [-0.4, -0.2) is 55.6 Å². The van der Waals surface area contributed by atoms with Crippen molar-refractivity contribution in [2.24, 2.45) is 5.92 Å². The summed E-state index contributed by atoms with van der Waals surface area (Å²) in [7, 11) is -2.53. The smallest absolute Gasteiger partial charge is 0.243 e. The summed E-state index contributed by atoms with van der Waals surface area (Å²) >= 11 is 3.43. The summed E-state index contributed by atoms with van der Waals surface area (Å²) < 4.78 is 28.4. The number of carbonyl (C=O) groups is 2. The summed E-state index contributed by atoms with van der Waals surface area (Å²) in [5.74, 6) is -0.508. The number of rotatable bonds is 12. The SMILES string of the molecule is Cc1ccc(S(=O)(=O)N(C)CC(=O)N(Cc2ccc(Br)cc2)C(Cc2ccccc2)C(=O)NCC(C)C)cc1. The second-order valence-corrected chi connectivity index (χ2v) is 13.0. The third kappa shape index (κ3) is 8.74. The van der Waals surface area contributed by atoms with E-state index >= 15 is 0 Å². The standard InChI is InChI=1S/C30H36BrN3O4S/c1-22(2)19-32-30(36)28(18-24-8-6-5-7-9-24)34(20-25-12-14-26(31)15-13-25)29(35)21-33(4)39(37,38)27-16-10-23(3)11-17-27/h5-17,22,28H,18-21H2,1-4H3,(H,32,36).